The molecule has 0 fully saturated rings. The lowest BCUT2D eigenvalue weighted by atomic mass is 10.1. The third-order valence-corrected chi connectivity index (χ3v) is 3.16. The average Bonchev–Trinajstić information content (AvgIpc) is 2.49. The molecular weight excluding hydrogens is 268 g/mol. The van der Waals surface area contributed by atoms with Crippen LogP contribution in [0.4, 0.5) is 0 Å². The summed E-state index contributed by atoms with van der Waals surface area (Å²) in [5.74, 6) is -0.193. The molecule has 0 aliphatic heterocycles. The van der Waals surface area contributed by atoms with E-state index in [4.69, 9.17) is 9.84 Å². The van der Waals surface area contributed by atoms with Crippen LogP contribution in [0.25, 0.3) is 11.0 Å². The number of carboxylic acids is 1. The number of hydrogen-bond donors (Lipinski definition) is 1. The number of aromatic nitrogens is 2. The van der Waals surface area contributed by atoms with Gasteiger partial charge in [-0.3, -0.25) is 0 Å². The number of carbonyl (C=O) groups is 1. The second-order valence-corrected chi connectivity index (χ2v) is 4.53. The van der Waals surface area contributed by atoms with Gasteiger partial charge in [-0.15, -0.1) is 0 Å². The summed E-state index contributed by atoms with van der Waals surface area (Å²) in [5, 5.41) is 9.11. The monoisotopic (exact) mass is 280 g/mol. The number of rotatable bonds is 3. The molecule has 0 amide bonds. The second-order valence-electron chi connectivity index (χ2n) is 4.53. The van der Waals surface area contributed by atoms with Gasteiger partial charge in [-0.05, 0) is 31.2 Å². The molecule has 21 heavy (non-hydrogen) atoms. The van der Waals surface area contributed by atoms with Crippen LogP contribution in [-0.2, 0) is 0 Å². The molecule has 5 heteroatoms. The zero-order valence-electron chi connectivity index (χ0n) is 11.3. The molecule has 5 nitrogen and oxygen atoms in total. The highest BCUT2D eigenvalue weighted by Gasteiger charge is 2.12. The van der Waals surface area contributed by atoms with Crippen molar-refractivity contribution in [1.29, 1.82) is 0 Å². The standard InChI is InChI=1S/C16H12N2O3/c1-10-11(16(19)20)5-4-8-14(10)21-15-9-17-12-6-2-3-7-13(12)18-15/h2-9H,1H3,(H,19,20). The van der Waals surface area contributed by atoms with Gasteiger partial charge in [0.2, 0.25) is 5.88 Å². The number of nitrogens with zero attached hydrogens (tertiary/aromatic N) is 2. The number of aromatic carboxylic acids is 1. The lowest BCUT2D eigenvalue weighted by Gasteiger charge is -2.09. The molecule has 3 rings (SSSR count). The first kappa shape index (κ1) is 13.1. The molecule has 0 spiro atoms. The Morgan fingerprint density at radius 3 is 2.62 bits per heavy atom. The highest BCUT2D eigenvalue weighted by molar-refractivity contribution is 5.90. The van der Waals surface area contributed by atoms with Gasteiger partial charge in [0.25, 0.3) is 0 Å². The minimum atomic E-state index is -0.984. The lowest BCUT2D eigenvalue weighted by Crippen LogP contribution is -2.01. The Balaban J connectivity index is 1.98. The van der Waals surface area contributed by atoms with E-state index in [9.17, 15) is 4.79 Å². The predicted molar refractivity (Wildman–Crippen MR) is 77.8 cm³/mol. The predicted octanol–water partition coefficient (Wildman–Crippen LogP) is 3.43. The van der Waals surface area contributed by atoms with Gasteiger partial charge in [-0.2, -0.15) is 0 Å². The van der Waals surface area contributed by atoms with E-state index in [1.807, 2.05) is 24.3 Å². The molecule has 1 heterocycles. The number of benzene rings is 2. The van der Waals surface area contributed by atoms with Gasteiger partial charge in [-0.25, -0.2) is 14.8 Å². The normalized spacial score (nSPS) is 10.5. The van der Waals surface area contributed by atoms with Crippen LogP contribution in [0.1, 0.15) is 15.9 Å². The third-order valence-electron chi connectivity index (χ3n) is 3.16. The molecule has 0 radical (unpaired) electrons. The first-order valence-electron chi connectivity index (χ1n) is 6.38. The fourth-order valence-electron chi connectivity index (χ4n) is 2.06. The summed E-state index contributed by atoms with van der Waals surface area (Å²) >= 11 is 0. The van der Waals surface area contributed by atoms with Crippen molar-refractivity contribution in [1.82, 2.24) is 9.97 Å². The third kappa shape index (κ3) is 2.53. The second kappa shape index (κ2) is 5.20. The molecule has 1 aromatic heterocycles. The van der Waals surface area contributed by atoms with Crippen LogP contribution in [0, 0.1) is 6.92 Å². The molecule has 3 aromatic rings. The first-order valence-corrected chi connectivity index (χ1v) is 6.38. The van der Waals surface area contributed by atoms with Crippen molar-refractivity contribution < 1.29 is 14.6 Å². The topological polar surface area (TPSA) is 72.3 Å². The summed E-state index contributed by atoms with van der Waals surface area (Å²) in [6, 6.07) is 12.3. The lowest BCUT2D eigenvalue weighted by molar-refractivity contribution is 0.0695. The first-order chi connectivity index (χ1) is 10.1. The van der Waals surface area contributed by atoms with E-state index in [-0.39, 0.29) is 5.56 Å². The molecule has 1 N–H and O–H groups in total. The number of hydrogen-bond acceptors (Lipinski definition) is 4. The zero-order chi connectivity index (χ0) is 14.8. The van der Waals surface area contributed by atoms with E-state index in [0.29, 0.717) is 17.2 Å². The highest BCUT2D eigenvalue weighted by atomic mass is 16.5. The SMILES string of the molecule is Cc1c(Oc2cnc3ccccc3n2)cccc1C(=O)O. The molecule has 104 valence electrons. The summed E-state index contributed by atoms with van der Waals surface area (Å²) in [6.07, 6.45) is 1.52. The van der Waals surface area contributed by atoms with Crippen LogP contribution in [0.15, 0.2) is 48.7 Å². The Hall–Kier alpha value is -2.95. The smallest absolute Gasteiger partial charge is 0.336 e. The number of carboxylic acid groups (broad SMARTS) is 1. The number of ether oxygens (including phenoxy) is 1. The van der Waals surface area contributed by atoms with Crippen LogP contribution in [0.5, 0.6) is 11.6 Å². The zero-order valence-corrected chi connectivity index (χ0v) is 11.3. The van der Waals surface area contributed by atoms with Gasteiger partial charge >= 0.3 is 5.97 Å². The Labute approximate surface area is 120 Å². The maximum atomic E-state index is 11.1. The summed E-state index contributed by atoms with van der Waals surface area (Å²) in [4.78, 5) is 19.7. The van der Waals surface area contributed by atoms with E-state index >= 15 is 0 Å². The van der Waals surface area contributed by atoms with Crippen molar-refractivity contribution in [3.05, 3.63) is 59.8 Å². The van der Waals surface area contributed by atoms with Gasteiger partial charge in [0, 0.05) is 5.56 Å². The molecule has 0 saturated carbocycles. The van der Waals surface area contributed by atoms with Gasteiger partial charge < -0.3 is 9.84 Å². The Bertz CT molecular complexity index is 831. The van der Waals surface area contributed by atoms with E-state index in [1.165, 1.54) is 12.3 Å². The van der Waals surface area contributed by atoms with E-state index < -0.39 is 5.97 Å². The van der Waals surface area contributed by atoms with Gasteiger partial charge in [0.1, 0.15) is 5.75 Å². The molecule has 0 saturated heterocycles. The van der Waals surface area contributed by atoms with Gasteiger partial charge in [-0.1, -0.05) is 18.2 Å². The van der Waals surface area contributed by atoms with Gasteiger partial charge in [0.15, 0.2) is 0 Å². The number of fused-ring (bicyclic) bond motifs is 1. The molecule has 2 aromatic carbocycles. The Morgan fingerprint density at radius 2 is 1.86 bits per heavy atom. The van der Waals surface area contributed by atoms with Crippen molar-refractivity contribution in [2.45, 2.75) is 6.92 Å². The summed E-state index contributed by atoms with van der Waals surface area (Å²) in [7, 11) is 0. The van der Waals surface area contributed by atoms with Crippen molar-refractivity contribution in [3.63, 3.8) is 0 Å². The summed E-state index contributed by atoms with van der Waals surface area (Å²) in [5.41, 5.74) is 2.27. The maximum Gasteiger partial charge on any atom is 0.336 e. The van der Waals surface area contributed by atoms with Crippen LogP contribution in [-0.4, -0.2) is 21.0 Å². The molecule has 0 aliphatic rings. The molecule has 0 aliphatic carbocycles. The van der Waals surface area contributed by atoms with Crippen molar-refractivity contribution in [2.75, 3.05) is 0 Å². The van der Waals surface area contributed by atoms with Crippen LogP contribution < -0.4 is 4.74 Å². The quantitative estimate of drug-likeness (QED) is 0.795. The minimum Gasteiger partial charge on any atom is -0.478 e. The summed E-state index contributed by atoms with van der Waals surface area (Å²) in [6.45, 7) is 1.70. The summed E-state index contributed by atoms with van der Waals surface area (Å²) < 4.78 is 5.67. The van der Waals surface area contributed by atoms with Crippen LogP contribution in [0.3, 0.4) is 0 Å². The minimum absolute atomic E-state index is 0.209. The van der Waals surface area contributed by atoms with Crippen LogP contribution >= 0.6 is 0 Å². The molecule has 0 atom stereocenters. The fourth-order valence-corrected chi connectivity index (χ4v) is 2.06. The van der Waals surface area contributed by atoms with Crippen molar-refractivity contribution in [3.8, 4) is 11.6 Å². The number of para-hydroxylation sites is 2. The van der Waals surface area contributed by atoms with Gasteiger partial charge in [0.05, 0.1) is 22.8 Å². The van der Waals surface area contributed by atoms with E-state index in [2.05, 4.69) is 9.97 Å². The fraction of sp³-hybridized carbons (Fsp3) is 0.0625. The van der Waals surface area contributed by atoms with E-state index in [0.717, 1.165) is 11.0 Å². The maximum absolute atomic E-state index is 11.1. The van der Waals surface area contributed by atoms with E-state index in [1.54, 1.807) is 19.1 Å². The largest absolute Gasteiger partial charge is 0.478 e. The Kier molecular flexibility index (Phi) is 3.23. The molecule has 0 bridgehead atoms. The molecular formula is C16H12N2O3. The average molecular weight is 280 g/mol. The van der Waals surface area contributed by atoms with Crippen molar-refractivity contribution >= 4 is 17.0 Å². The van der Waals surface area contributed by atoms with Crippen LogP contribution in [0.2, 0.25) is 0 Å². The highest BCUT2D eigenvalue weighted by Crippen LogP contribution is 2.26. The Morgan fingerprint density at radius 1 is 1.10 bits per heavy atom. The van der Waals surface area contributed by atoms with Crippen molar-refractivity contribution in [2.24, 2.45) is 0 Å². The molecule has 0 unspecified atom stereocenters.